The van der Waals surface area contributed by atoms with E-state index in [1.807, 2.05) is 0 Å². The quantitative estimate of drug-likeness (QED) is 0.0712. The molecule has 2 aliphatic heterocycles. The number of fused-ring (bicyclic) bond motifs is 4. The molecule has 0 bridgehead atoms. The molecule has 7 rings (SSSR count). The van der Waals surface area contributed by atoms with Gasteiger partial charge in [0.25, 0.3) is 23.6 Å². The number of hydrogen-bond donors (Lipinski definition) is 1. The lowest BCUT2D eigenvalue weighted by molar-refractivity contribution is -0.141. The second kappa shape index (κ2) is 13.3. The fraction of sp³-hybridized carbons (Fsp3) is 0.343. The topological polar surface area (TPSA) is 130 Å². The molecular formula is C35H23Cl3F8N4O7. The Bertz CT molecular complexity index is 2310. The number of ether oxygens (including phenoxy) is 2. The van der Waals surface area contributed by atoms with Gasteiger partial charge >= 0.3 is 6.18 Å². The number of phenolic OH excluding ortho intramolecular Hbond substituents is 1. The molecule has 0 spiro atoms. The van der Waals surface area contributed by atoms with Crippen LogP contribution >= 0.6 is 34.8 Å². The number of alkyl halides is 5. The van der Waals surface area contributed by atoms with Crippen molar-refractivity contribution in [3.63, 3.8) is 0 Å². The number of methoxy groups -OCH3 is 2. The Balaban J connectivity index is 1.43. The zero-order valence-electron chi connectivity index (χ0n) is 29.0. The fourth-order valence-electron chi connectivity index (χ4n) is 8.28. The van der Waals surface area contributed by atoms with Crippen LogP contribution in [0.3, 0.4) is 0 Å². The molecule has 4 amide bonds. The number of nitrogens with zero attached hydrogens (tertiary/aromatic N) is 4. The molecule has 302 valence electrons. The van der Waals surface area contributed by atoms with E-state index >= 15 is 8.78 Å². The minimum absolute atomic E-state index is 0.00824. The number of hydrazine groups is 1. The Labute approximate surface area is 330 Å². The number of halogens is 11. The maximum atomic E-state index is 15.4. The molecule has 3 aromatic rings. The summed E-state index contributed by atoms with van der Waals surface area (Å²) in [4.78, 5) is 54.8. The monoisotopic (exact) mass is 868 g/mol. The van der Waals surface area contributed by atoms with E-state index in [0.29, 0.717) is 16.1 Å². The van der Waals surface area contributed by atoms with Gasteiger partial charge in [0.1, 0.15) is 28.6 Å². The zero-order valence-corrected chi connectivity index (χ0v) is 31.2. The highest BCUT2D eigenvalue weighted by molar-refractivity contribution is 6.58. The SMILES string of the molecule is COc1cc(O)cc(OC)c1[C@H]1C2=CC[C@@H]3C(=O)N(N(C)c4nc(C(F)(F)F)ccc4Cl)C(=O)[C@@H]3[C@@H]2C[C@@]2(Cl)C(=O)N(c3c(F)c(F)c(F)c(F)c3F)C(=O)[C@@]12Cl. The van der Waals surface area contributed by atoms with Crippen LogP contribution in [0.4, 0.5) is 46.6 Å². The Morgan fingerprint density at radius 1 is 0.877 bits per heavy atom. The van der Waals surface area contributed by atoms with Gasteiger partial charge in [-0.2, -0.15) is 18.2 Å². The van der Waals surface area contributed by atoms with Gasteiger partial charge in [-0.1, -0.05) is 23.3 Å². The number of carbonyl (C=O) groups is 4. The van der Waals surface area contributed by atoms with E-state index in [0.717, 1.165) is 39.5 Å². The van der Waals surface area contributed by atoms with Crippen molar-refractivity contribution in [3.8, 4) is 17.2 Å². The van der Waals surface area contributed by atoms with Crippen LogP contribution in [0.25, 0.3) is 0 Å². The van der Waals surface area contributed by atoms with Crippen LogP contribution in [0.15, 0.2) is 35.9 Å². The van der Waals surface area contributed by atoms with E-state index < -0.39 is 122 Å². The molecule has 11 nitrogen and oxygen atoms in total. The highest BCUT2D eigenvalue weighted by Crippen LogP contribution is 2.68. The fourth-order valence-corrected chi connectivity index (χ4v) is 9.43. The van der Waals surface area contributed by atoms with Gasteiger partial charge in [-0.3, -0.25) is 24.2 Å². The molecule has 2 aromatic carbocycles. The second-order valence-electron chi connectivity index (χ2n) is 13.5. The van der Waals surface area contributed by atoms with Crippen LogP contribution in [0.5, 0.6) is 17.2 Å². The summed E-state index contributed by atoms with van der Waals surface area (Å²) in [7, 11) is 3.26. The van der Waals surface area contributed by atoms with E-state index in [4.69, 9.17) is 44.3 Å². The van der Waals surface area contributed by atoms with Crippen molar-refractivity contribution >= 4 is 69.9 Å². The van der Waals surface area contributed by atoms with Crippen molar-refractivity contribution in [2.24, 2.45) is 17.8 Å². The first-order valence-electron chi connectivity index (χ1n) is 16.4. The first kappa shape index (κ1) is 40.3. The van der Waals surface area contributed by atoms with Gasteiger partial charge in [-0.15, -0.1) is 23.2 Å². The Kier molecular flexibility index (Phi) is 9.44. The lowest BCUT2D eigenvalue weighted by Crippen LogP contribution is -2.60. The molecule has 6 atom stereocenters. The average Bonchev–Trinajstić information content (AvgIpc) is 3.50. The summed E-state index contributed by atoms with van der Waals surface area (Å²) in [6, 6.07) is 3.48. The third-order valence-corrected chi connectivity index (χ3v) is 12.4. The number of anilines is 2. The first-order chi connectivity index (χ1) is 26.6. The van der Waals surface area contributed by atoms with E-state index in [1.54, 1.807) is 0 Å². The number of pyridine rings is 1. The number of hydrogen-bond acceptors (Lipinski definition) is 9. The maximum absolute atomic E-state index is 15.4. The van der Waals surface area contributed by atoms with Crippen molar-refractivity contribution in [1.29, 1.82) is 0 Å². The molecule has 4 aliphatic rings. The molecule has 1 aromatic heterocycles. The smallest absolute Gasteiger partial charge is 0.433 e. The Hall–Kier alpha value is -4.88. The minimum atomic E-state index is -4.96. The van der Waals surface area contributed by atoms with E-state index in [1.165, 1.54) is 6.08 Å². The van der Waals surface area contributed by atoms with E-state index in [-0.39, 0.29) is 39.0 Å². The van der Waals surface area contributed by atoms with Crippen molar-refractivity contribution < 1.29 is 68.9 Å². The number of rotatable bonds is 6. The average molecular weight is 870 g/mol. The van der Waals surface area contributed by atoms with E-state index in [9.17, 15) is 50.6 Å². The number of benzene rings is 2. The molecule has 0 radical (unpaired) electrons. The summed E-state index contributed by atoms with van der Waals surface area (Å²) in [5.74, 6) is -26.2. The molecule has 2 saturated heterocycles. The maximum Gasteiger partial charge on any atom is 0.433 e. The van der Waals surface area contributed by atoms with Crippen molar-refractivity contribution in [3.05, 3.63) is 81.3 Å². The number of phenols is 1. The van der Waals surface area contributed by atoms with Gasteiger partial charge in [0.05, 0.1) is 31.1 Å². The minimum Gasteiger partial charge on any atom is -0.508 e. The third kappa shape index (κ3) is 5.40. The summed E-state index contributed by atoms with van der Waals surface area (Å²) in [5.41, 5.74) is -3.66. The van der Waals surface area contributed by atoms with Crippen LogP contribution in [-0.2, 0) is 25.4 Å². The summed E-state index contributed by atoms with van der Waals surface area (Å²) in [6.45, 7) is 0. The van der Waals surface area contributed by atoms with Crippen LogP contribution in [-0.4, -0.2) is 69.7 Å². The number of amides is 4. The van der Waals surface area contributed by atoms with Crippen LogP contribution < -0.4 is 19.4 Å². The molecule has 3 heterocycles. The number of carbonyl (C=O) groups excluding carboxylic acids is 4. The second-order valence-corrected chi connectivity index (χ2v) is 15.1. The molecule has 0 unspecified atom stereocenters. The van der Waals surface area contributed by atoms with Gasteiger partial charge in [0, 0.05) is 30.7 Å². The highest BCUT2D eigenvalue weighted by Gasteiger charge is 2.78. The standard InChI is InChI=1S/C35H23Cl3F8N4O7/c1-48(28-15(36)6-7-18(47-28)35(44,45)46)50-29(52)13-5-4-12-14(19(13)30(50)53)10-33(37)31(54)49(27-25(42)23(40)22(39)24(41)26(27)43)32(55)34(33,38)21(12)20-16(56-2)8-11(51)9-17(20)57-3/h4,6-9,13-14,19,21,51H,5,10H2,1-3H3/t13-,14+,19-,21+,33+,34-/m0/s1. The molecular weight excluding hydrogens is 847 g/mol. The number of imide groups is 2. The molecule has 1 N–H and O–H groups in total. The Morgan fingerprint density at radius 3 is 1.98 bits per heavy atom. The summed E-state index contributed by atoms with van der Waals surface area (Å²) in [5, 5.41) is 11.3. The summed E-state index contributed by atoms with van der Waals surface area (Å²) < 4.78 is 126. The van der Waals surface area contributed by atoms with Gasteiger partial charge in [0.15, 0.2) is 38.8 Å². The Morgan fingerprint density at radius 2 is 1.44 bits per heavy atom. The van der Waals surface area contributed by atoms with Gasteiger partial charge in [-0.05, 0) is 30.9 Å². The van der Waals surface area contributed by atoms with Crippen molar-refractivity contribution in [2.45, 2.75) is 34.7 Å². The van der Waals surface area contributed by atoms with Gasteiger partial charge in [0.2, 0.25) is 5.82 Å². The largest absolute Gasteiger partial charge is 0.508 e. The van der Waals surface area contributed by atoms with Crippen LogP contribution in [0, 0.1) is 46.8 Å². The van der Waals surface area contributed by atoms with Crippen molar-refractivity contribution in [2.75, 3.05) is 31.2 Å². The highest BCUT2D eigenvalue weighted by atomic mass is 35.5. The number of aromatic hydroxyl groups is 1. The molecule has 3 fully saturated rings. The predicted molar refractivity (Wildman–Crippen MR) is 182 cm³/mol. The first-order valence-corrected chi connectivity index (χ1v) is 17.5. The van der Waals surface area contributed by atoms with Crippen LogP contribution in [0.2, 0.25) is 5.02 Å². The number of aromatic nitrogens is 1. The lowest BCUT2D eigenvalue weighted by Gasteiger charge is -2.51. The normalized spacial score (nSPS) is 27.0. The zero-order chi connectivity index (χ0) is 42.0. The third-order valence-electron chi connectivity index (χ3n) is 10.7. The predicted octanol–water partition coefficient (Wildman–Crippen LogP) is 6.79. The lowest BCUT2D eigenvalue weighted by atomic mass is 9.56. The number of allylic oxidation sites excluding steroid dienone is 2. The molecule has 57 heavy (non-hydrogen) atoms. The van der Waals surface area contributed by atoms with Gasteiger partial charge < -0.3 is 14.6 Å². The summed E-state index contributed by atoms with van der Waals surface area (Å²) >= 11 is 20.5. The van der Waals surface area contributed by atoms with Crippen LogP contribution in [0.1, 0.15) is 30.0 Å². The molecule has 1 saturated carbocycles. The van der Waals surface area contributed by atoms with Gasteiger partial charge in [-0.25, -0.2) is 31.8 Å². The van der Waals surface area contributed by atoms with E-state index in [2.05, 4.69) is 4.98 Å². The van der Waals surface area contributed by atoms with Crippen molar-refractivity contribution in [1.82, 2.24) is 9.99 Å². The molecule has 2 aliphatic carbocycles. The molecule has 22 heteroatoms. The summed E-state index contributed by atoms with van der Waals surface area (Å²) in [6.07, 6.45) is -4.80.